The van der Waals surface area contributed by atoms with E-state index in [0.717, 1.165) is 16.8 Å². The summed E-state index contributed by atoms with van der Waals surface area (Å²) >= 11 is 5.84. The molecule has 0 heterocycles. The quantitative estimate of drug-likeness (QED) is 0.823. The first-order chi connectivity index (χ1) is 8.69. The van der Waals surface area contributed by atoms with Gasteiger partial charge >= 0.3 is 0 Å². The lowest BCUT2D eigenvalue weighted by Gasteiger charge is -2.07. The molecule has 0 saturated heterocycles. The van der Waals surface area contributed by atoms with Crippen LogP contribution >= 0.6 is 11.6 Å². The molecule has 0 aliphatic carbocycles. The van der Waals surface area contributed by atoms with E-state index in [1.165, 1.54) is 0 Å². The van der Waals surface area contributed by atoms with Crippen molar-refractivity contribution < 1.29 is 5.11 Å². The van der Waals surface area contributed by atoms with E-state index >= 15 is 0 Å². The van der Waals surface area contributed by atoms with Crippen LogP contribution in [0.15, 0.2) is 42.5 Å². The van der Waals surface area contributed by atoms with Gasteiger partial charge in [-0.3, -0.25) is 0 Å². The Morgan fingerprint density at radius 1 is 1.22 bits per heavy atom. The maximum Gasteiger partial charge on any atom is 0.134 e. The number of halogens is 1. The van der Waals surface area contributed by atoms with Gasteiger partial charge in [-0.1, -0.05) is 29.7 Å². The lowest BCUT2D eigenvalue weighted by atomic mass is 10.2. The molecule has 0 unspecified atom stereocenters. The number of hydrogen-bond acceptors (Lipinski definition) is 2. The molecule has 0 fully saturated rings. The van der Waals surface area contributed by atoms with E-state index in [1.54, 1.807) is 12.1 Å². The summed E-state index contributed by atoms with van der Waals surface area (Å²) in [7, 11) is 0. The Hall–Kier alpha value is -2.11. The van der Waals surface area contributed by atoms with Crippen LogP contribution < -0.4 is 5.32 Å². The van der Waals surface area contributed by atoms with Crippen molar-refractivity contribution in [1.29, 1.82) is 0 Å². The minimum absolute atomic E-state index is 0.0924. The first-order valence-corrected chi connectivity index (χ1v) is 5.85. The molecule has 0 bridgehead atoms. The summed E-state index contributed by atoms with van der Waals surface area (Å²) in [6.45, 7) is 0.619. The summed E-state index contributed by atoms with van der Waals surface area (Å²) in [6, 6.07) is 12.8. The Bertz CT molecular complexity index is 602. The maximum atomic E-state index is 9.32. The van der Waals surface area contributed by atoms with E-state index in [2.05, 4.69) is 11.2 Å². The number of hydrogen-bond donors (Lipinski definition) is 2. The highest BCUT2D eigenvalue weighted by Gasteiger charge is 2.00. The van der Waals surface area contributed by atoms with Crippen LogP contribution in [0.1, 0.15) is 11.1 Å². The number of phenols is 1. The number of phenolic OH excluding ortho intramolecular Hbond substituents is 1. The number of benzene rings is 2. The molecule has 0 aliphatic heterocycles. The van der Waals surface area contributed by atoms with Gasteiger partial charge < -0.3 is 10.4 Å². The van der Waals surface area contributed by atoms with Crippen LogP contribution in [0.5, 0.6) is 5.75 Å². The Kier molecular flexibility index (Phi) is 3.76. The molecule has 3 heteroatoms. The molecule has 0 spiro atoms. The van der Waals surface area contributed by atoms with Crippen LogP contribution in [0.3, 0.4) is 0 Å². The zero-order chi connectivity index (χ0) is 13.0. The molecular weight excluding hydrogens is 246 g/mol. The van der Waals surface area contributed by atoms with Crippen molar-refractivity contribution in [3.05, 3.63) is 58.6 Å². The number of nitrogens with one attached hydrogen (secondary N) is 1. The lowest BCUT2D eigenvalue weighted by molar-refractivity contribution is 0.475. The van der Waals surface area contributed by atoms with Gasteiger partial charge in [0.05, 0.1) is 5.02 Å². The maximum absolute atomic E-state index is 9.32. The molecule has 2 rings (SSSR count). The fourth-order valence-corrected chi connectivity index (χ4v) is 1.79. The predicted molar refractivity (Wildman–Crippen MR) is 74.8 cm³/mol. The van der Waals surface area contributed by atoms with Crippen molar-refractivity contribution in [2.75, 3.05) is 5.32 Å². The third-order valence-corrected chi connectivity index (χ3v) is 2.84. The van der Waals surface area contributed by atoms with Crippen LogP contribution in [-0.4, -0.2) is 5.11 Å². The van der Waals surface area contributed by atoms with Crippen LogP contribution in [-0.2, 0) is 6.54 Å². The van der Waals surface area contributed by atoms with E-state index in [4.69, 9.17) is 18.0 Å². The molecule has 2 aromatic rings. The molecule has 0 saturated carbocycles. The monoisotopic (exact) mass is 257 g/mol. The SMILES string of the molecule is C#Cc1cccc(NCc2ccc(O)c(Cl)c2)c1. The van der Waals surface area contributed by atoms with Gasteiger partial charge in [0.1, 0.15) is 5.75 Å². The minimum atomic E-state index is 0.0924. The van der Waals surface area contributed by atoms with Gasteiger partial charge in [0.2, 0.25) is 0 Å². The molecule has 0 amide bonds. The highest BCUT2D eigenvalue weighted by molar-refractivity contribution is 6.32. The van der Waals surface area contributed by atoms with E-state index in [1.807, 2.05) is 30.3 Å². The molecule has 18 heavy (non-hydrogen) atoms. The Balaban J connectivity index is 2.07. The van der Waals surface area contributed by atoms with Crippen LogP contribution in [0.4, 0.5) is 5.69 Å². The fraction of sp³-hybridized carbons (Fsp3) is 0.0667. The second-order valence-corrected chi connectivity index (χ2v) is 4.27. The summed E-state index contributed by atoms with van der Waals surface area (Å²) in [5.74, 6) is 2.68. The second-order valence-electron chi connectivity index (χ2n) is 3.86. The normalized spacial score (nSPS) is 9.78. The molecule has 90 valence electrons. The number of aromatic hydroxyl groups is 1. The third kappa shape index (κ3) is 2.97. The van der Waals surface area contributed by atoms with Gasteiger partial charge in [-0.25, -0.2) is 0 Å². The fourth-order valence-electron chi connectivity index (χ4n) is 1.58. The topological polar surface area (TPSA) is 32.3 Å². The molecule has 0 atom stereocenters. The molecule has 0 aliphatic rings. The third-order valence-electron chi connectivity index (χ3n) is 2.54. The van der Waals surface area contributed by atoms with Crippen LogP contribution in [0, 0.1) is 12.3 Å². The summed E-state index contributed by atoms with van der Waals surface area (Å²) in [5.41, 5.74) is 2.78. The molecule has 0 radical (unpaired) electrons. The first kappa shape index (κ1) is 12.3. The summed E-state index contributed by atoms with van der Waals surface area (Å²) in [6.07, 6.45) is 5.34. The zero-order valence-electron chi connectivity index (χ0n) is 9.65. The smallest absolute Gasteiger partial charge is 0.134 e. The predicted octanol–water partition coefficient (Wildman–Crippen LogP) is 3.64. The number of anilines is 1. The molecule has 2 aromatic carbocycles. The van der Waals surface area contributed by atoms with Gasteiger partial charge in [-0.05, 0) is 35.9 Å². The summed E-state index contributed by atoms with van der Waals surface area (Å²) in [5, 5.41) is 12.9. The van der Waals surface area contributed by atoms with E-state index < -0.39 is 0 Å². The highest BCUT2D eigenvalue weighted by atomic mass is 35.5. The lowest BCUT2D eigenvalue weighted by Crippen LogP contribution is -1.99. The number of terminal acetylenes is 1. The molecule has 2 N–H and O–H groups in total. The van der Waals surface area contributed by atoms with Crippen LogP contribution in [0.25, 0.3) is 0 Å². The largest absolute Gasteiger partial charge is 0.506 e. The average Bonchev–Trinajstić information content (AvgIpc) is 2.40. The van der Waals surface area contributed by atoms with Crippen molar-refractivity contribution in [1.82, 2.24) is 0 Å². The average molecular weight is 258 g/mol. The van der Waals surface area contributed by atoms with Crippen LogP contribution in [0.2, 0.25) is 5.02 Å². The second kappa shape index (κ2) is 5.48. The van der Waals surface area contributed by atoms with Gasteiger partial charge in [0.25, 0.3) is 0 Å². The molecule has 2 nitrogen and oxygen atoms in total. The van der Waals surface area contributed by atoms with Crippen molar-refractivity contribution >= 4 is 17.3 Å². The van der Waals surface area contributed by atoms with E-state index in [0.29, 0.717) is 11.6 Å². The summed E-state index contributed by atoms with van der Waals surface area (Å²) < 4.78 is 0. The Morgan fingerprint density at radius 3 is 2.78 bits per heavy atom. The molecular formula is C15H12ClNO. The van der Waals surface area contributed by atoms with Crippen molar-refractivity contribution in [2.45, 2.75) is 6.54 Å². The van der Waals surface area contributed by atoms with E-state index in [9.17, 15) is 5.11 Å². The summed E-state index contributed by atoms with van der Waals surface area (Å²) in [4.78, 5) is 0. The van der Waals surface area contributed by atoms with Gasteiger partial charge in [-0.15, -0.1) is 6.42 Å². The van der Waals surface area contributed by atoms with Crippen molar-refractivity contribution in [3.63, 3.8) is 0 Å². The molecule has 0 aromatic heterocycles. The zero-order valence-corrected chi connectivity index (χ0v) is 10.4. The number of rotatable bonds is 3. The highest BCUT2D eigenvalue weighted by Crippen LogP contribution is 2.24. The van der Waals surface area contributed by atoms with Crippen molar-refractivity contribution in [2.24, 2.45) is 0 Å². The standard InChI is InChI=1S/C15H12ClNO/c1-2-11-4-3-5-13(8-11)17-10-12-6-7-15(18)14(16)9-12/h1,3-9,17-18H,10H2. The van der Waals surface area contributed by atoms with Gasteiger partial charge in [0, 0.05) is 17.8 Å². The van der Waals surface area contributed by atoms with Crippen molar-refractivity contribution in [3.8, 4) is 18.1 Å². The first-order valence-electron chi connectivity index (χ1n) is 5.47. The Labute approximate surface area is 111 Å². The Morgan fingerprint density at radius 2 is 2.06 bits per heavy atom. The van der Waals surface area contributed by atoms with E-state index in [-0.39, 0.29) is 5.75 Å². The minimum Gasteiger partial charge on any atom is -0.506 e. The van der Waals surface area contributed by atoms with Gasteiger partial charge in [-0.2, -0.15) is 0 Å². The van der Waals surface area contributed by atoms with Gasteiger partial charge in [0.15, 0.2) is 0 Å².